The second-order valence-electron chi connectivity index (χ2n) is 6.05. The normalized spacial score (nSPS) is 16.3. The number of halogens is 1. The van der Waals surface area contributed by atoms with E-state index in [1.54, 1.807) is 6.26 Å². The summed E-state index contributed by atoms with van der Waals surface area (Å²) in [6.07, 6.45) is 5.01. The molecule has 7 nitrogen and oxygen atoms in total. The SMILES string of the molecule is N#CC(=C1CCN(O)CC1)c1ccc(F)cn1.[Y].c1onc2c1C[N-]CC2. The molecule has 27 heavy (non-hydrogen) atoms. The number of hydrogen-bond acceptors (Lipinski definition) is 6. The van der Waals surface area contributed by atoms with Gasteiger partial charge in [-0.15, -0.1) is 13.1 Å². The first-order valence-corrected chi connectivity index (χ1v) is 8.40. The molecule has 0 spiro atoms. The van der Waals surface area contributed by atoms with E-state index in [0.717, 1.165) is 42.5 Å². The number of piperidine rings is 1. The first-order valence-electron chi connectivity index (χ1n) is 8.40. The van der Waals surface area contributed by atoms with E-state index < -0.39 is 5.82 Å². The molecular weight excluding hydrogens is 426 g/mol. The van der Waals surface area contributed by atoms with Gasteiger partial charge in [0.25, 0.3) is 0 Å². The summed E-state index contributed by atoms with van der Waals surface area (Å²) in [4.78, 5) is 3.91. The maximum absolute atomic E-state index is 12.7. The topological polar surface area (TPSA) is 100 Å². The molecule has 0 unspecified atom stereocenters. The Labute approximate surface area is 182 Å². The number of fused-ring (bicyclic) bond motifs is 1. The van der Waals surface area contributed by atoms with Crippen LogP contribution in [0.4, 0.5) is 4.39 Å². The van der Waals surface area contributed by atoms with Crippen molar-refractivity contribution in [2.45, 2.75) is 25.8 Å². The van der Waals surface area contributed by atoms with Crippen molar-refractivity contribution in [1.29, 1.82) is 5.26 Å². The van der Waals surface area contributed by atoms with Crippen molar-refractivity contribution in [2.24, 2.45) is 0 Å². The van der Waals surface area contributed by atoms with E-state index in [1.807, 2.05) is 0 Å². The van der Waals surface area contributed by atoms with Crippen molar-refractivity contribution < 1.29 is 46.8 Å². The van der Waals surface area contributed by atoms with E-state index >= 15 is 0 Å². The van der Waals surface area contributed by atoms with E-state index in [-0.39, 0.29) is 32.7 Å². The van der Waals surface area contributed by atoms with E-state index in [1.165, 1.54) is 17.2 Å². The van der Waals surface area contributed by atoms with Gasteiger partial charge in [-0.1, -0.05) is 5.16 Å². The first kappa shape index (κ1) is 21.8. The Balaban J connectivity index is 0.000000220. The molecule has 2 aliphatic rings. The summed E-state index contributed by atoms with van der Waals surface area (Å²) in [5, 5.41) is 27.6. The molecule has 0 aliphatic carbocycles. The van der Waals surface area contributed by atoms with Crippen LogP contribution in [0.2, 0.25) is 0 Å². The van der Waals surface area contributed by atoms with Crippen molar-refractivity contribution in [3.63, 3.8) is 0 Å². The molecule has 2 aliphatic heterocycles. The minimum absolute atomic E-state index is 0. The Morgan fingerprint density at radius 2 is 2.07 bits per heavy atom. The molecule has 0 saturated carbocycles. The van der Waals surface area contributed by atoms with Gasteiger partial charge in [-0.05, 0) is 42.5 Å². The van der Waals surface area contributed by atoms with E-state index in [2.05, 4.69) is 21.5 Å². The summed E-state index contributed by atoms with van der Waals surface area (Å²) in [6, 6.07) is 4.92. The van der Waals surface area contributed by atoms with Gasteiger partial charge in [0.05, 0.1) is 23.2 Å². The summed E-state index contributed by atoms with van der Waals surface area (Å²) in [5.41, 5.74) is 4.21. The third-order valence-electron chi connectivity index (χ3n) is 4.31. The second kappa shape index (κ2) is 10.7. The maximum Gasteiger partial charge on any atom is 0.141 e. The van der Waals surface area contributed by atoms with Crippen LogP contribution in [0, 0.1) is 17.1 Å². The predicted molar refractivity (Wildman–Crippen MR) is 91.5 cm³/mol. The summed E-state index contributed by atoms with van der Waals surface area (Å²) >= 11 is 0. The van der Waals surface area contributed by atoms with E-state index in [4.69, 9.17) is 9.78 Å². The van der Waals surface area contributed by atoms with Gasteiger partial charge in [0.15, 0.2) is 0 Å². The number of hydrogen-bond donors (Lipinski definition) is 1. The summed E-state index contributed by atoms with van der Waals surface area (Å²) in [6.45, 7) is 2.72. The molecule has 1 saturated heterocycles. The molecule has 4 rings (SSSR count). The molecule has 2 aromatic rings. The average Bonchev–Trinajstić information content (AvgIpc) is 3.15. The van der Waals surface area contributed by atoms with Crippen molar-refractivity contribution in [2.75, 3.05) is 19.6 Å². The van der Waals surface area contributed by atoms with Gasteiger partial charge < -0.3 is 15.0 Å². The number of rotatable bonds is 1. The predicted octanol–water partition coefficient (Wildman–Crippen LogP) is 3.08. The molecule has 0 amide bonds. The van der Waals surface area contributed by atoms with Crippen LogP contribution >= 0.6 is 0 Å². The van der Waals surface area contributed by atoms with Crippen molar-refractivity contribution in [3.8, 4) is 6.07 Å². The summed E-state index contributed by atoms with van der Waals surface area (Å²) in [5.74, 6) is -0.416. The van der Waals surface area contributed by atoms with Gasteiger partial charge in [0.1, 0.15) is 18.1 Å². The first-order chi connectivity index (χ1) is 12.7. The third-order valence-corrected chi connectivity index (χ3v) is 4.31. The van der Waals surface area contributed by atoms with Gasteiger partial charge in [0, 0.05) is 45.8 Å². The van der Waals surface area contributed by atoms with Gasteiger partial charge in [-0.2, -0.15) is 10.3 Å². The molecule has 4 heterocycles. The number of aromatic nitrogens is 2. The fraction of sp³-hybridized carbons (Fsp3) is 0.389. The summed E-state index contributed by atoms with van der Waals surface area (Å²) in [7, 11) is 0. The van der Waals surface area contributed by atoms with Gasteiger partial charge in [-0.25, -0.2) is 4.39 Å². The standard InChI is InChI=1S/C12H12FN3O.C6H7N2O.Y/c13-10-1-2-12(15-8-10)11(7-14)9-3-5-16(17)6-4-9;1-2-7-3-5-4-9-8-6(1)5;/h1-2,8,17H,3-6H2;4H,1-3H2;/q;-1;. The third kappa shape index (κ3) is 5.99. The molecule has 139 valence electrons. The van der Waals surface area contributed by atoms with E-state index in [9.17, 15) is 9.60 Å². The molecule has 0 aromatic carbocycles. The van der Waals surface area contributed by atoms with Crippen molar-refractivity contribution >= 4 is 5.57 Å². The van der Waals surface area contributed by atoms with Crippen LogP contribution in [0.1, 0.15) is 29.8 Å². The van der Waals surface area contributed by atoms with Crippen LogP contribution in [0.5, 0.6) is 0 Å². The average molecular weight is 445 g/mol. The minimum atomic E-state index is -0.416. The monoisotopic (exact) mass is 445 g/mol. The van der Waals surface area contributed by atoms with Crippen molar-refractivity contribution in [1.82, 2.24) is 15.2 Å². The Bertz CT molecular complexity index is 785. The zero-order valence-corrected chi connectivity index (χ0v) is 17.6. The zero-order chi connectivity index (χ0) is 18.4. The Hall–Kier alpha value is -1.50. The van der Waals surface area contributed by atoms with Crippen molar-refractivity contribution in [3.05, 3.63) is 58.3 Å². The van der Waals surface area contributed by atoms with Crippen LogP contribution in [-0.2, 0) is 45.7 Å². The fourth-order valence-corrected chi connectivity index (χ4v) is 2.86. The van der Waals surface area contributed by atoms with Crippen LogP contribution < -0.4 is 0 Å². The fourth-order valence-electron chi connectivity index (χ4n) is 2.86. The van der Waals surface area contributed by atoms with Crippen LogP contribution in [-0.4, -0.2) is 40.0 Å². The Kier molecular flexibility index (Phi) is 8.67. The quantitative estimate of drug-likeness (QED) is 0.678. The van der Waals surface area contributed by atoms with Gasteiger partial charge in [0.2, 0.25) is 0 Å². The number of nitriles is 1. The summed E-state index contributed by atoms with van der Waals surface area (Å²) < 4.78 is 17.5. The molecule has 2 aromatic heterocycles. The number of hydroxylamine groups is 2. The molecule has 1 N–H and O–H groups in total. The Morgan fingerprint density at radius 1 is 1.30 bits per heavy atom. The molecular formula is C18H19FN5O2Y-. The number of nitrogens with zero attached hydrogens (tertiary/aromatic N) is 5. The van der Waals surface area contributed by atoms with Crippen LogP contribution in [0.15, 0.2) is 34.7 Å². The molecule has 9 heteroatoms. The molecule has 1 radical (unpaired) electrons. The smallest absolute Gasteiger partial charge is 0.141 e. The maximum atomic E-state index is 12.7. The number of pyridine rings is 1. The molecule has 1 fully saturated rings. The largest absolute Gasteiger partial charge is 0.658 e. The Morgan fingerprint density at radius 3 is 2.70 bits per heavy atom. The second-order valence-corrected chi connectivity index (χ2v) is 6.05. The van der Waals surface area contributed by atoms with Crippen LogP contribution in [0.3, 0.4) is 0 Å². The minimum Gasteiger partial charge on any atom is -0.658 e. The number of allylic oxidation sites excluding steroid dienone is 1. The zero-order valence-electron chi connectivity index (χ0n) is 14.8. The van der Waals surface area contributed by atoms with Gasteiger partial charge >= 0.3 is 0 Å². The van der Waals surface area contributed by atoms with E-state index in [0.29, 0.717) is 37.2 Å². The van der Waals surface area contributed by atoms with Crippen LogP contribution in [0.25, 0.3) is 10.9 Å². The molecule has 0 bridgehead atoms. The van der Waals surface area contributed by atoms with Gasteiger partial charge in [-0.3, -0.25) is 4.98 Å². The molecule has 0 atom stereocenters.